The van der Waals surface area contributed by atoms with Gasteiger partial charge in [-0.25, -0.2) is 4.98 Å². The molecule has 114 valence electrons. The zero-order valence-corrected chi connectivity index (χ0v) is 13.0. The summed E-state index contributed by atoms with van der Waals surface area (Å²) in [7, 11) is 0. The van der Waals surface area contributed by atoms with E-state index in [2.05, 4.69) is 41.0 Å². The summed E-state index contributed by atoms with van der Waals surface area (Å²) in [6, 6.07) is 4.18. The fourth-order valence-corrected chi connectivity index (χ4v) is 3.11. The highest BCUT2D eigenvalue weighted by atomic mass is 16.5. The van der Waals surface area contributed by atoms with E-state index in [4.69, 9.17) is 4.74 Å². The van der Waals surface area contributed by atoms with Crippen LogP contribution >= 0.6 is 0 Å². The van der Waals surface area contributed by atoms with Gasteiger partial charge in [-0.2, -0.15) is 0 Å². The van der Waals surface area contributed by atoms with Crippen LogP contribution in [-0.4, -0.2) is 28.3 Å². The van der Waals surface area contributed by atoms with Crippen molar-refractivity contribution in [3.05, 3.63) is 30.1 Å². The lowest BCUT2D eigenvalue weighted by Gasteiger charge is -2.12. The van der Waals surface area contributed by atoms with E-state index in [0.717, 1.165) is 38.1 Å². The molecule has 4 nitrogen and oxygen atoms in total. The summed E-state index contributed by atoms with van der Waals surface area (Å²) < 4.78 is 8.22. The number of rotatable bonds is 6. The third-order valence-electron chi connectivity index (χ3n) is 4.18. The van der Waals surface area contributed by atoms with Crippen LogP contribution in [0.2, 0.25) is 0 Å². The first-order valence-corrected chi connectivity index (χ1v) is 8.07. The first-order chi connectivity index (χ1) is 10.3. The van der Waals surface area contributed by atoms with E-state index in [1.165, 1.54) is 17.4 Å². The normalized spacial score (nSPS) is 22.2. The van der Waals surface area contributed by atoms with Gasteiger partial charge in [-0.3, -0.25) is 0 Å². The Morgan fingerprint density at radius 3 is 3.10 bits per heavy atom. The molecular formula is C17H25N3O. The first kappa shape index (κ1) is 14.5. The van der Waals surface area contributed by atoms with Crippen molar-refractivity contribution in [1.82, 2.24) is 14.9 Å². The van der Waals surface area contributed by atoms with Crippen molar-refractivity contribution in [1.29, 1.82) is 0 Å². The van der Waals surface area contributed by atoms with Crippen LogP contribution in [0.25, 0.3) is 11.0 Å². The standard InChI is InChI=1S/C17H25N3O/c1-3-8-18-10-14-11-20(12-15-7-6-13(2)21-15)17-16(14)5-4-9-19-17/h4-5,9,11,13,15,18H,3,6-8,10,12H2,1-2H3. The van der Waals surface area contributed by atoms with Crippen LogP contribution in [0, 0.1) is 0 Å². The van der Waals surface area contributed by atoms with Crippen molar-refractivity contribution in [2.75, 3.05) is 6.54 Å². The third kappa shape index (κ3) is 3.27. The van der Waals surface area contributed by atoms with Gasteiger partial charge in [-0.1, -0.05) is 6.92 Å². The van der Waals surface area contributed by atoms with Gasteiger partial charge in [0, 0.05) is 24.3 Å². The molecule has 1 aliphatic rings. The van der Waals surface area contributed by atoms with Gasteiger partial charge in [0.15, 0.2) is 0 Å². The van der Waals surface area contributed by atoms with Crippen molar-refractivity contribution in [3.63, 3.8) is 0 Å². The minimum atomic E-state index is 0.328. The summed E-state index contributed by atoms with van der Waals surface area (Å²) in [5, 5.41) is 4.74. The van der Waals surface area contributed by atoms with Crippen LogP contribution < -0.4 is 5.32 Å². The van der Waals surface area contributed by atoms with Crippen LogP contribution in [0.15, 0.2) is 24.5 Å². The Labute approximate surface area is 126 Å². The summed E-state index contributed by atoms with van der Waals surface area (Å²) in [6.07, 6.45) is 8.32. The van der Waals surface area contributed by atoms with Crippen molar-refractivity contribution >= 4 is 11.0 Å². The second-order valence-electron chi connectivity index (χ2n) is 6.00. The van der Waals surface area contributed by atoms with Gasteiger partial charge in [0.1, 0.15) is 5.65 Å². The van der Waals surface area contributed by atoms with E-state index in [-0.39, 0.29) is 0 Å². The van der Waals surface area contributed by atoms with Gasteiger partial charge >= 0.3 is 0 Å². The number of nitrogens with one attached hydrogen (secondary N) is 1. The number of pyridine rings is 1. The van der Waals surface area contributed by atoms with Crippen molar-refractivity contribution in [2.24, 2.45) is 0 Å². The fraction of sp³-hybridized carbons (Fsp3) is 0.588. The number of fused-ring (bicyclic) bond motifs is 1. The van der Waals surface area contributed by atoms with Gasteiger partial charge < -0.3 is 14.6 Å². The molecule has 4 heteroatoms. The van der Waals surface area contributed by atoms with Crippen LogP contribution in [0.3, 0.4) is 0 Å². The van der Waals surface area contributed by atoms with Crippen molar-refractivity contribution in [3.8, 4) is 0 Å². The summed E-state index contributed by atoms with van der Waals surface area (Å²) in [5.41, 5.74) is 2.41. The Balaban J connectivity index is 1.81. The Morgan fingerprint density at radius 1 is 1.43 bits per heavy atom. The summed E-state index contributed by atoms with van der Waals surface area (Å²) in [4.78, 5) is 4.57. The van der Waals surface area contributed by atoms with Crippen molar-refractivity contribution in [2.45, 2.75) is 58.4 Å². The van der Waals surface area contributed by atoms with Crippen LogP contribution in [0.5, 0.6) is 0 Å². The average Bonchev–Trinajstić information content (AvgIpc) is 3.05. The molecule has 3 heterocycles. The molecule has 3 rings (SSSR count). The molecule has 1 fully saturated rings. The molecule has 0 aliphatic carbocycles. The van der Waals surface area contributed by atoms with Gasteiger partial charge in [0.25, 0.3) is 0 Å². The van der Waals surface area contributed by atoms with Crippen LogP contribution in [0.1, 0.15) is 38.7 Å². The second kappa shape index (κ2) is 6.58. The highest BCUT2D eigenvalue weighted by molar-refractivity contribution is 5.80. The number of ether oxygens (including phenoxy) is 1. The maximum absolute atomic E-state index is 5.96. The summed E-state index contributed by atoms with van der Waals surface area (Å²) in [6.45, 7) is 7.22. The highest BCUT2D eigenvalue weighted by Crippen LogP contribution is 2.24. The van der Waals surface area contributed by atoms with E-state index in [0.29, 0.717) is 12.2 Å². The van der Waals surface area contributed by atoms with E-state index in [1.54, 1.807) is 0 Å². The summed E-state index contributed by atoms with van der Waals surface area (Å²) >= 11 is 0. The molecule has 1 aliphatic heterocycles. The molecule has 2 aromatic rings. The lowest BCUT2D eigenvalue weighted by atomic mass is 10.2. The smallest absolute Gasteiger partial charge is 0.140 e. The van der Waals surface area contributed by atoms with E-state index >= 15 is 0 Å². The quantitative estimate of drug-likeness (QED) is 0.830. The highest BCUT2D eigenvalue weighted by Gasteiger charge is 2.23. The third-order valence-corrected chi connectivity index (χ3v) is 4.18. The Hall–Kier alpha value is -1.39. The molecule has 0 radical (unpaired) electrons. The largest absolute Gasteiger partial charge is 0.373 e. The molecule has 1 N–H and O–H groups in total. The number of aromatic nitrogens is 2. The Bertz CT molecular complexity index is 593. The molecule has 2 unspecified atom stereocenters. The van der Waals surface area contributed by atoms with E-state index in [1.807, 2.05) is 12.3 Å². The van der Waals surface area contributed by atoms with Crippen LogP contribution in [-0.2, 0) is 17.8 Å². The molecule has 1 saturated heterocycles. The zero-order chi connectivity index (χ0) is 14.7. The van der Waals surface area contributed by atoms with Gasteiger partial charge in [0.2, 0.25) is 0 Å². The minimum Gasteiger partial charge on any atom is -0.373 e. The Morgan fingerprint density at radius 2 is 2.33 bits per heavy atom. The summed E-state index contributed by atoms with van der Waals surface area (Å²) in [5.74, 6) is 0. The monoisotopic (exact) mass is 287 g/mol. The van der Waals surface area contributed by atoms with E-state index < -0.39 is 0 Å². The van der Waals surface area contributed by atoms with Gasteiger partial charge in [-0.15, -0.1) is 0 Å². The first-order valence-electron chi connectivity index (χ1n) is 8.07. The molecule has 21 heavy (non-hydrogen) atoms. The van der Waals surface area contributed by atoms with Crippen molar-refractivity contribution < 1.29 is 4.74 Å². The maximum Gasteiger partial charge on any atom is 0.140 e. The molecule has 2 aromatic heterocycles. The zero-order valence-electron chi connectivity index (χ0n) is 13.0. The minimum absolute atomic E-state index is 0.328. The fourth-order valence-electron chi connectivity index (χ4n) is 3.11. The average molecular weight is 287 g/mol. The molecule has 0 amide bonds. The SMILES string of the molecule is CCCNCc1cn(CC2CCC(C)O2)c2ncccc12. The lowest BCUT2D eigenvalue weighted by molar-refractivity contribution is 0.0464. The second-order valence-corrected chi connectivity index (χ2v) is 6.00. The molecule has 0 bridgehead atoms. The van der Waals surface area contributed by atoms with Gasteiger partial charge in [-0.05, 0) is 50.4 Å². The molecule has 0 spiro atoms. The molecule has 0 saturated carbocycles. The molecular weight excluding hydrogens is 262 g/mol. The van der Waals surface area contributed by atoms with E-state index in [9.17, 15) is 0 Å². The number of nitrogens with zero attached hydrogens (tertiary/aromatic N) is 2. The maximum atomic E-state index is 5.96. The Kier molecular flexibility index (Phi) is 4.56. The number of hydrogen-bond donors (Lipinski definition) is 1. The predicted molar refractivity (Wildman–Crippen MR) is 85.3 cm³/mol. The topological polar surface area (TPSA) is 39.1 Å². The van der Waals surface area contributed by atoms with Crippen LogP contribution in [0.4, 0.5) is 0 Å². The predicted octanol–water partition coefficient (Wildman–Crippen LogP) is 3.10. The molecule has 0 aromatic carbocycles. The van der Waals surface area contributed by atoms with Gasteiger partial charge in [0.05, 0.1) is 18.8 Å². The lowest BCUT2D eigenvalue weighted by Crippen LogP contribution is -2.16. The number of hydrogen-bond acceptors (Lipinski definition) is 3. The molecule has 2 atom stereocenters.